The van der Waals surface area contributed by atoms with Gasteiger partial charge in [-0.15, -0.1) is 0 Å². The number of aliphatic carboxylic acids is 3. The largest absolute Gasteiger partial charge is 0.478 e. The molecule has 0 atom stereocenters. The lowest BCUT2D eigenvalue weighted by Crippen LogP contribution is -2.46. The Morgan fingerprint density at radius 2 is 0.927 bits per heavy atom. The molecule has 0 saturated heterocycles. The van der Waals surface area contributed by atoms with Crippen LogP contribution in [0.5, 0.6) is 0 Å². The van der Waals surface area contributed by atoms with Gasteiger partial charge in [0.25, 0.3) is 0 Å². The number of hydrogen-bond acceptors (Lipinski definition) is 10. The lowest BCUT2D eigenvalue weighted by molar-refractivity contribution is -0.147. The second kappa shape index (κ2) is 18.3. The van der Waals surface area contributed by atoms with Crippen LogP contribution in [-0.2, 0) is 33.4 Å². The van der Waals surface area contributed by atoms with Crippen molar-refractivity contribution in [2.75, 3.05) is 33.0 Å². The first-order chi connectivity index (χ1) is 18.9. The van der Waals surface area contributed by atoms with Gasteiger partial charge in [-0.25, -0.2) is 24.0 Å². The first-order valence-corrected chi connectivity index (χ1v) is 12.1. The van der Waals surface area contributed by atoms with Crippen LogP contribution in [0.3, 0.4) is 0 Å². The number of aliphatic hydroxyl groups is 3. The highest BCUT2D eigenvalue weighted by Gasteiger charge is 2.47. The molecule has 0 unspecified atom stereocenters. The number of ether oxygens (including phenoxy) is 2. The van der Waals surface area contributed by atoms with Crippen LogP contribution >= 0.6 is 0 Å². The zero-order valence-corrected chi connectivity index (χ0v) is 23.9. The summed E-state index contributed by atoms with van der Waals surface area (Å²) in [6.07, 6.45) is 2.99. The van der Waals surface area contributed by atoms with Crippen molar-refractivity contribution in [2.24, 2.45) is 10.8 Å². The van der Waals surface area contributed by atoms with E-state index in [2.05, 4.69) is 22.6 Å². The van der Waals surface area contributed by atoms with E-state index in [1.807, 2.05) is 0 Å². The van der Waals surface area contributed by atoms with Crippen molar-refractivity contribution >= 4 is 29.8 Å². The van der Waals surface area contributed by atoms with Crippen LogP contribution < -0.4 is 0 Å². The SMILES string of the molecule is C=C(C)C(=O)OCCOC(=O)C(=C)C.CC(=CC(C=C(C)C(=O)O)(C=C(C)C(=O)O)C(CO)(CO)CCO)C(=O)O. The number of aliphatic hydroxyl groups excluding tert-OH is 3. The Balaban J connectivity index is 0. The zero-order valence-electron chi connectivity index (χ0n) is 23.9. The molecule has 0 saturated carbocycles. The average molecular weight is 585 g/mol. The Labute approximate surface area is 238 Å². The van der Waals surface area contributed by atoms with E-state index < -0.39 is 60.5 Å². The van der Waals surface area contributed by atoms with Gasteiger partial charge in [0.15, 0.2) is 0 Å². The molecule has 0 aliphatic heterocycles. The van der Waals surface area contributed by atoms with Gasteiger partial charge in [-0.3, -0.25) is 0 Å². The van der Waals surface area contributed by atoms with E-state index in [1.165, 1.54) is 20.8 Å². The second-order valence-electron chi connectivity index (χ2n) is 9.23. The lowest BCUT2D eigenvalue weighted by Gasteiger charge is -2.44. The molecule has 0 fully saturated rings. The average Bonchev–Trinajstić information content (AvgIpc) is 2.89. The van der Waals surface area contributed by atoms with Crippen molar-refractivity contribution in [3.05, 3.63) is 59.3 Å². The van der Waals surface area contributed by atoms with E-state index in [-0.39, 0.29) is 36.4 Å². The van der Waals surface area contributed by atoms with Crippen molar-refractivity contribution in [3.63, 3.8) is 0 Å². The maximum atomic E-state index is 11.4. The van der Waals surface area contributed by atoms with E-state index in [0.29, 0.717) is 11.1 Å². The predicted molar refractivity (Wildman–Crippen MR) is 146 cm³/mol. The molecule has 0 aromatic heterocycles. The summed E-state index contributed by atoms with van der Waals surface area (Å²) < 4.78 is 9.38. The summed E-state index contributed by atoms with van der Waals surface area (Å²) in [5, 5.41) is 57.2. The molecule has 0 aliphatic rings. The van der Waals surface area contributed by atoms with Crippen molar-refractivity contribution in [3.8, 4) is 0 Å². The van der Waals surface area contributed by atoms with E-state index in [1.54, 1.807) is 13.8 Å². The van der Waals surface area contributed by atoms with Crippen LogP contribution in [0.4, 0.5) is 0 Å². The van der Waals surface area contributed by atoms with Crippen molar-refractivity contribution in [2.45, 2.75) is 41.0 Å². The molecule has 13 nitrogen and oxygen atoms in total. The predicted octanol–water partition coefficient (Wildman–Crippen LogP) is 1.64. The topological polar surface area (TPSA) is 225 Å². The highest BCUT2D eigenvalue weighted by molar-refractivity contribution is 5.89. The molecule has 0 aromatic carbocycles. The number of carboxylic acids is 3. The summed E-state index contributed by atoms with van der Waals surface area (Å²) in [5.74, 6) is -5.03. The number of hydrogen-bond donors (Lipinski definition) is 6. The van der Waals surface area contributed by atoms with E-state index in [4.69, 9.17) is 0 Å². The first kappa shape index (κ1) is 39.1. The molecule has 0 rings (SSSR count). The molecule has 0 aromatic rings. The van der Waals surface area contributed by atoms with Gasteiger partial charge in [0.05, 0.1) is 13.2 Å². The number of esters is 2. The molecular formula is C28H40O13. The molecule has 0 bridgehead atoms. The van der Waals surface area contributed by atoms with Gasteiger partial charge in [-0.1, -0.05) is 31.4 Å². The maximum absolute atomic E-state index is 11.4. The zero-order chi connectivity index (χ0) is 32.6. The van der Waals surface area contributed by atoms with Crippen molar-refractivity contribution in [1.29, 1.82) is 0 Å². The lowest BCUT2D eigenvalue weighted by atomic mass is 9.60. The third-order valence-electron chi connectivity index (χ3n) is 5.74. The second-order valence-corrected chi connectivity index (χ2v) is 9.23. The normalized spacial score (nSPS) is 13.6. The summed E-state index contributed by atoms with van der Waals surface area (Å²) in [6.45, 7) is 11.5. The minimum atomic E-state index is -1.81. The van der Waals surface area contributed by atoms with Crippen LogP contribution in [-0.4, -0.2) is 93.5 Å². The molecule has 0 aliphatic carbocycles. The maximum Gasteiger partial charge on any atom is 0.333 e. The molecule has 230 valence electrons. The van der Waals surface area contributed by atoms with Crippen LogP contribution in [0.15, 0.2) is 59.3 Å². The van der Waals surface area contributed by atoms with Crippen LogP contribution in [0.1, 0.15) is 41.0 Å². The minimum Gasteiger partial charge on any atom is -0.478 e. The standard InChI is InChI=1S/C18H26O9.C10H14O4/c1-11(14(22)23)6-18(7-12(2)15(24)25,8-13(3)16(26)27)17(9-20,10-21)4-5-19;1-7(2)9(11)13-5-6-14-10(12)8(3)4/h6-8,19-21H,4-5,9-10H2,1-3H3,(H,22,23)(H,24,25)(H,26,27);1,3,5-6H2,2,4H3. The molecule has 0 radical (unpaired) electrons. The van der Waals surface area contributed by atoms with Gasteiger partial charge in [0, 0.05) is 45.3 Å². The Bertz CT molecular complexity index is 986. The van der Waals surface area contributed by atoms with E-state index in [9.17, 15) is 54.6 Å². The van der Waals surface area contributed by atoms with Gasteiger partial charge in [-0.05, 0) is 41.0 Å². The fourth-order valence-electron chi connectivity index (χ4n) is 3.27. The highest BCUT2D eigenvalue weighted by Crippen LogP contribution is 2.48. The number of rotatable bonds is 16. The summed E-state index contributed by atoms with van der Waals surface area (Å²) in [5.41, 5.74) is -3.62. The smallest absolute Gasteiger partial charge is 0.333 e. The van der Waals surface area contributed by atoms with Crippen molar-refractivity contribution in [1.82, 2.24) is 0 Å². The number of carboxylic acid groups (broad SMARTS) is 3. The molecule has 0 amide bonds. The molecule has 6 N–H and O–H groups in total. The Hall–Kier alpha value is -4.07. The first-order valence-electron chi connectivity index (χ1n) is 12.1. The van der Waals surface area contributed by atoms with Gasteiger partial charge in [0.1, 0.15) is 13.2 Å². The van der Waals surface area contributed by atoms with E-state index >= 15 is 0 Å². The summed E-state index contributed by atoms with van der Waals surface area (Å²) in [6, 6.07) is 0. The molecule has 41 heavy (non-hydrogen) atoms. The monoisotopic (exact) mass is 584 g/mol. The quantitative estimate of drug-likeness (QED) is 0.0863. The Morgan fingerprint density at radius 3 is 1.12 bits per heavy atom. The van der Waals surface area contributed by atoms with Gasteiger partial charge >= 0.3 is 29.8 Å². The van der Waals surface area contributed by atoms with Crippen LogP contribution in [0.2, 0.25) is 0 Å². The van der Waals surface area contributed by atoms with E-state index in [0.717, 1.165) is 18.2 Å². The number of allylic oxidation sites excluding steroid dienone is 3. The summed E-state index contributed by atoms with van der Waals surface area (Å²) >= 11 is 0. The molecule has 0 spiro atoms. The highest BCUT2D eigenvalue weighted by atomic mass is 16.6. The fourth-order valence-corrected chi connectivity index (χ4v) is 3.27. The third kappa shape index (κ3) is 12.8. The van der Waals surface area contributed by atoms with Crippen molar-refractivity contribution < 1.29 is 64.1 Å². The van der Waals surface area contributed by atoms with Crippen LogP contribution in [0, 0.1) is 10.8 Å². The Morgan fingerprint density at radius 1 is 0.634 bits per heavy atom. The summed E-state index contributed by atoms with van der Waals surface area (Å²) in [7, 11) is 0. The third-order valence-corrected chi connectivity index (χ3v) is 5.74. The molecule has 0 heterocycles. The number of carbonyl (C=O) groups excluding carboxylic acids is 2. The summed E-state index contributed by atoms with van der Waals surface area (Å²) in [4.78, 5) is 55.8. The molecular weight excluding hydrogens is 544 g/mol. The Kier molecular flexibility index (Phi) is 17.5. The van der Waals surface area contributed by atoms with Gasteiger partial charge in [0.2, 0.25) is 0 Å². The molecule has 13 heteroatoms. The van der Waals surface area contributed by atoms with Gasteiger partial charge < -0.3 is 40.1 Å². The minimum absolute atomic E-state index is 0.0325. The fraction of sp³-hybridized carbons (Fsp3) is 0.464. The van der Waals surface area contributed by atoms with Crippen LogP contribution in [0.25, 0.3) is 0 Å². The van der Waals surface area contributed by atoms with Gasteiger partial charge in [-0.2, -0.15) is 0 Å². The number of carbonyl (C=O) groups is 5.